The summed E-state index contributed by atoms with van der Waals surface area (Å²) in [6.07, 6.45) is 6.29. The van der Waals surface area contributed by atoms with Crippen LogP contribution in [0.4, 0.5) is 0 Å². The lowest BCUT2D eigenvalue weighted by Gasteiger charge is -2.26. The Balaban J connectivity index is 1.52. The van der Waals surface area contributed by atoms with Crippen molar-refractivity contribution in [2.75, 3.05) is 46.5 Å². The average Bonchev–Trinajstić information content (AvgIpc) is 3.16. The van der Waals surface area contributed by atoms with Crippen LogP contribution in [0.5, 0.6) is 5.75 Å². The number of carbonyl (C=O) groups excluding carboxylic acids is 1. The molecule has 1 N–H and O–H groups in total. The Hall–Kier alpha value is -2.12. The Bertz CT molecular complexity index is 823. The van der Waals surface area contributed by atoms with Crippen LogP contribution in [0, 0.1) is 5.92 Å². The number of nitrogens with zero attached hydrogens (tertiary/aromatic N) is 3. The van der Waals surface area contributed by atoms with Crippen LogP contribution in [0.15, 0.2) is 18.2 Å². The first-order valence-corrected chi connectivity index (χ1v) is 10.9. The number of amides is 1. The summed E-state index contributed by atoms with van der Waals surface area (Å²) in [5, 5.41) is 8.70. The quantitative estimate of drug-likeness (QED) is 0.774. The molecule has 1 aliphatic carbocycles. The number of carbonyl (C=O) groups is 1. The zero-order valence-electron chi connectivity index (χ0n) is 17.4. The normalized spacial score (nSPS) is 18.8. The molecule has 4 rings (SSSR count). The van der Waals surface area contributed by atoms with Gasteiger partial charge in [0.1, 0.15) is 11.3 Å². The van der Waals surface area contributed by atoms with Gasteiger partial charge in [0, 0.05) is 31.6 Å². The molecule has 0 atom stereocenters. The molecule has 1 aromatic heterocycles. The minimum absolute atomic E-state index is 0.0843. The summed E-state index contributed by atoms with van der Waals surface area (Å²) in [5.41, 5.74) is 1.39. The predicted molar refractivity (Wildman–Crippen MR) is 112 cm³/mol. The first-order chi connectivity index (χ1) is 14.3. The molecule has 1 saturated heterocycles. The number of morpholine rings is 1. The fraction of sp³-hybridized carbons (Fsp3) is 0.636. The van der Waals surface area contributed by atoms with Gasteiger partial charge in [0.15, 0.2) is 5.69 Å². The molecule has 1 aromatic carbocycles. The Kier molecular flexibility index (Phi) is 6.67. The molecule has 0 spiro atoms. The Labute approximate surface area is 172 Å². The molecule has 2 heterocycles. The molecule has 1 amide bonds. The molecule has 7 heteroatoms. The van der Waals surface area contributed by atoms with E-state index in [0.717, 1.165) is 56.0 Å². The van der Waals surface area contributed by atoms with E-state index in [1.54, 1.807) is 7.11 Å². The number of methoxy groups -OCH3 is 1. The predicted octanol–water partition coefficient (Wildman–Crippen LogP) is 2.69. The number of hydrogen-bond donors (Lipinski definition) is 1. The molecule has 2 aliphatic rings. The fourth-order valence-electron chi connectivity index (χ4n) is 4.47. The first kappa shape index (κ1) is 20.2. The largest absolute Gasteiger partial charge is 0.494 e. The van der Waals surface area contributed by atoms with Crippen LogP contribution in [-0.2, 0) is 11.3 Å². The first-order valence-electron chi connectivity index (χ1n) is 10.9. The third kappa shape index (κ3) is 4.73. The molecular formula is C22H32N4O3. The summed E-state index contributed by atoms with van der Waals surface area (Å²) in [6, 6.07) is 5.82. The monoisotopic (exact) mass is 400 g/mol. The lowest BCUT2D eigenvalue weighted by atomic mass is 9.89. The van der Waals surface area contributed by atoms with E-state index in [1.807, 2.05) is 22.9 Å². The van der Waals surface area contributed by atoms with Gasteiger partial charge in [0.2, 0.25) is 0 Å². The smallest absolute Gasteiger partial charge is 0.272 e. The molecule has 158 valence electrons. The Morgan fingerprint density at radius 1 is 1.21 bits per heavy atom. The van der Waals surface area contributed by atoms with Gasteiger partial charge in [-0.2, -0.15) is 5.10 Å². The van der Waals surface area contributed by atoms with E-state index in [0.29, 0.717) is 18.2 Å². The topological polar surface area (TPSA) is 68.6 Å². The van der Waals surface area contributed by atoms with E-state index in [-0.39, 0.29) is 5.91 Å². The van der Waals surface area contributed by atoms with E-state index < -0.39 is 0 Å². The van der Waals surface area contributed by atoms with Crippen molar-refractivity contribution in [1.29, 1.82) is 0 Å². The maximum atomic E-state index is 13.0. The van der Waals surface area contributed by atoms with Gasteiger partial charge >= 0.3 is 0 Å². The number of nitrogens with one attached hydrogen (secondary N) is 1. The van der Waals surface area contributed by atoms with E-state index in [4.69, 9.17) is 14.6 Å². The van der Waals surface area contributed by atoms with Gasteiger partial charge in [0.25, 0.3) is 5.91 Å². The van der Waals surface area contributed by atoms with Gasteiger partial charge < -0.3 is 14.8 Å². The van der Waals surface area contributed by atoms with Crippen LogP contribution in [0.1, 0.15) is 42.6 Å². The molecule has 0 bridgehead atoms. The van der Waals surface area contributed by atoms with Gasteiger partial charge in [-0.3, -0.25) is 14.4 Å². The highest BCUT2D eigenvalue weighted by Gasteiger charge is 2.22. The van der Waals surface area contributed by atoms with Crippen molar-refractivity contribution in [2.45, 2.75) is 38.6 Å². The number of para-hydroxylation sites is 1. The summed E-state index contributed by atoms with van der Waals surface area (Å²) >= 11 is 0. The molecule has 2 aromatic rings. The lowest BCUT2D eigenvalue weighted by molar-refractivity contribution is 0.0361. The second-order valence-electron chi connectivity index (χ2n) is 8.10. The van der Waals surface area contributed by atoms with Crippen molar-refractivity contribution >= 4 is 16.8 Å². The van der Waals surface area contributed by atoms with Gasteiger partial charge in [-0.1, -0.05) is 31.4 Å². The zero-order valence-corrected chi connectivity index (χ0v) is 17.4. The highest BCUT2D eigenvalue weighted by atomic mass is 16.5. The Morgan fingerprint density at radius 2 is 2.00 bits per heavy atom. The fourth-order valence-corrected chi connectivity index (χ4v) is 4.47. The third-order valence-corrected chi connectivity index (χ3v) is 6.18. The number of ether oxygens (including phenoxy) is 2. The molecule has 7 nitrogen and oxygen atoms in total. The molecule has 0 unspecified atom stereocenters. The second-order valence-corrected chi connectivity index (χ2v) is 8.10. The van der Waals surface area contributed by atoms with Crippen LogP contribution in [0.3, 0.4) is 0 Å². The van der Waals surface area contributed by atoms with Crippen LogP contribution in [0.25, 0.3) is 10.9 Å². The number of aromatic nitrogens is 2. The van der Waals surface area contributed by atoms with Gasteiger partial charge in [-0.15, -0.1) is 0 Å². The van der Waals surface area contributed by atoms with E-state index >= 15 is 0 Å². The SMILES string of the molecule is COc1cccc2c(C(=O)NCC3CCCCC3)nn(CCN3CCOCC3)c12. The van der Waals surface area contributed by atoms with Gasteiger partial charge in [-0.05, 0) is 24.8 Å². The molecule has 0 radical (unpaired) electrons. The second kappa shape index (κ2) is 9.59. The van der Waals surface area contributed by atoms with Crippen molar-refractivity contribution in [1.82, 2.24) is 20.0 Å². The number of rotatable bonds is 7. The van der Waals surface area contributed by atoms with Gasteiger partial charge in [0.05, 0.1) is 26.9 Å². The van der Waals surface area contributed by atoms with Crippen molar-refractivity contribution < 1.29 is 14.3 Å². The molecule has 1 saturated carbocycles. The Morgan fingerprint density at radius 3 is 2.76 bits per heavy atom. The van der Waals surface area contributed by atoms with Crippen LogP contribution in [0.2, 0.25) is 0 Å². The highest BCUT2D eigenvalue weighted by molar-refractivity contribution is 6.06. The minimum atomic E-state index is -0.0843. The lowest BCUT2D eigenvalue weighted by Crippen LogP contribution is -2.38. The van der Waals surface area contributed by atoms with Crippen molar-refractivity contribution in [3.8, 4) is 5.75 Å². The summed E-state index contributed by atoms with van der Waals surface area (Å²) in [4.78, 5) is 15.3. The van der Waals surface area contributed by atoms with Crippen molar-refractivity contribution in [2.24, 2.45) is 5.92 Å². The maximum absolute atomic E-state index is 13.0. The van der Waals surface area contributed by atoms with Gasteiger partial charge in [-0.25, -0.2) is 0 Å². The number of benzene rings is 1. The van der Waals surface area contributed by atoms with E-state index in [9.17, 15) is 4.79 Å². The molecule has 29 heavy (non-hydrogen) atoms. The number of hydrogen-bond acceptors (Lipinski definition) is 5. The van der Waals surface area contributed by atoms with Crippen LogP contribution >= 0.6 is 0 Å². The summed E-state index contributed by atoms with van der Waals surface area (Å²) < 4.78 is 12.9. The van der Waals surface area contributed by atoms with Crippen LogP contribution < -0.4 is 10.1 Å². The summed E-state index contributed by atoms with van der Waals surface area (Å²) in [5.74, 6) is 1.26. The van der Waals surface area contributed by atoms with Crippen LogP contribution in [-0.4, -0.2) is 67.1 Å². The highest BCUT2D eigenvalue weighted by Crippen LogP contribution is 2.28. The zero-order chi connectivity index (χ0) is 20.1. The maximum Gasteiger partial charge on any atom is 0.272 e. The molecule has 2 fully saturated rings. The molecular weight excluding hydrogens is 368 g/mol. The standard InChI is InChI=1S/C22H32N4O3/c1-28-19-9-5-8-18-20(22(27)23-16-17-6-3-2-4-7-17)24-26(21(18)19)11-10-25-12-14-29-15-13-25/h5,8-9,17H,2-4,6-7,10-16H2,1H3,(H,23,27). The van der Waals surface area contributed by atoms with E-state index in [2.05, 4.69) is 10.2 Å². The number of fused-ring (bicyclic) bond motifs is 1. The average molecular weight is 401 g/mol. The minimum Gasteiger partial charge on any atom is -0.494 e. The molecule has 1 aliphatic heterocycles. The third-order valence-electron chi connectivity index (χ3n) is 6.18. The summed E-state index contributed by atoms with van der Waals surface area (Å²) in [6.45, 7) is 5.76. The van der Waals surface area contributed by atoms with E-state index in [1.165, 1.54) is 32.1 Å². The van der Waals surface area contributed by atoms with Crippen molar-refractivity contribution in [3.05, 3.63) is 23.9 Å². The van der Waals surface area contributed by atoms with Crippen molar-refractivity contribution in [3.63, 3.8) is 0 Å². The summed E-state index contributed by atoms with van der Waals surface area (Å²) in [7, 11) is 1.66.